The first kappa shape index (κ1) is 24.5. The molecule has 2 amide bonds. The second kappa shape index (κ2) is 11.2. The predicted molar refractivity (Wildman–Crippen MR) is 133 cm³/mol. The lowest BCUT2D eigenvalue weighted by atomic mass is 9.83. The van der Waals surface area contributed by atoms with Gasteiger partial charge in [-0.1, -0.05) is 49.6 Å². The van der Waals surface area contributed by atoms with E-state index < -0.39 is 6.04 Å². The third kappa shape index (κ3) is 5.39. The highest BCUT2D eigenvalue weighted by Gasteiger charge is 2.40. The summed E-state index contributed by atoms with van der Waals surface area (Å²) >= 11 is 1.44. The summed E-state index contributed by atoms with van der Waals surface area (Å²) in [5, 5.41) is 8.62. The minimum atomic E-state index is -0.519. The van der Waals surface area contributed by atoms with Crippen LogP contribution >= 0.6 is 11.3 Å². The van der Waals surface area contributed by atoms with Gasteiger partial charge in [0.15, 0.2) is 0 Å². The van der Waals surface area contributed by atoms with Crippen LogP contribution in [0.15, 0.2) is 35.7 Å². The van der Waals surface area contributed by atoms with Gasteiger partial charge < -0.3 is 15.5 Å². The van der Waals surface area contributed by atoms with Crippen molar-refractivity contribution >= 4 is 28.9 Å². The van der Waals surface area contributed by atoms with Gasteiger partial charge in [-0.2, -0.15) is 0 Å². The Morgan fingerprint density at radius 3 is 2.50 bits per heavy atom. The van der Waals surface area contributed by atoms with Gasteiger partial charge >= 0.3 is 0 Å². The zero-order valence-corrected chi connectivity index (χ0v) is 20.8. The maximum atomic E-state index is 13.8. The number of amides is 2. The van der Waals surface area contributed by atoms with Crippen LogP contribution in [-0.4, -0.2) is 53.2 Å². The topological polar surface area (TPSA) is 91.4 Å². The van der Waals surface area contributed by atoms with Gasteiger partial charge in [0.25, 0.3) is 0 Å². The SMILES string of the molecule is CN[C@@H](C)C(=O)N[C@H](C(=O)N1CCC[C@H]1c1nc(C(=O)c2ccccc2)cs1)C1CCCCC1. The predicted octanol–water partition coefficient (Wildman–Crippen LogP) is 3.71. The summed E-state index contributed by atoms with van der Waals surface area (Å²) in [5.41, 5.74) is 1.03. The van der Waals surface area contributed by atoms with Crippen LogP contribution in [0, 0.1) is 5.92 Å². The van der Waals surface area contributed by atoms with Crippen LogP contribution in [0.3, 0.4) is 0 Å². The van der Waals surface area contributed by atoms with Gasteiger partial charge in [0.2, 0.25) is 17.6 Å². The van der Waals surface area contributed by atoms with E-state index in [0.717, 1.165) is 43.5 Å². The molecule has 3 atom stereocenters. The molecule has 2 aliphatic rings. The van der Waals surface area contributed by atoms with Crippen LogP contribution in [-0.2, 0) is 9.59 Å². The average Bonchev–Trinajstić information content (AvgIpc) is 3.57. The molecule has 1 aliphatic heterocycles. The molecule has 0 radical (unpaired) electrons. The van der Waals surface area contributed by atoms with E-state index in [9.17, 15) is 14.4 Å². The van der Waals surface area contributed by atoms with E-state index in [2.05, 4.69) is 15.6 Å². The van der Waals surface area contributed by atoms with Gasteiger partial charge in [-0.25, -0.2) is 4.98 Å². The van der Waals surface area contributed by atoms with Gasteiger partial charge in [-0.3, -0.25) is 14.4 Å². The van der Waals surface area contributed by atoms with E-state index in [1.165, 1.54) is 17.8 Å². The van der Waals surface area contributed by atoms with E-state index in [1.54, 1.807) is 31.5 Å². The van der Waals surface area contributed by atoms with Crippen LogP contribution in [0.25, 0.3) is 0 Å². The first-order valence-electron chi connectivity index (χ1n) is 12.3. The first-order chi connectivity index (χ1) is 16.5. The second-order valence-electron chi connectivity index (χ2n) is 9.35. The van der Waals surface area contributed by atoms with Gasteiger partial charge in [0.1, 0.15) is 16.7 Å². The summed E-state index contributed by atoms with van der Waals surface area (Å²) in [6.07, 6.45) is 6.97. The van der Waals surface area contributed by atoms with E-state index in [0.29, 0.717) is 17.8 Å². The molecule has 0 spiro atoms. The quantitative estimate of drug-likeness (QED) is 0.560. The zero-order chi connectivity index (χ0) is 24.1. The third-order valence-electron chi connectivity index (χ3n) is 7.12. The number of nitrogens with zero attached hydrogens (tertiary/aromatic N) is 2. The molecule has 8 heteroatoms. The van der Waals surface area contributed by atoms with E-state index in [1.807, 2.05) is 23.1 Å². The first-order valence-corrected chi connectivity index (χ1v) is 13.2. The minimum absolute atomic E-state index is 0.0165. The van der Waals surface area contributed by atoms with E-state index in [4.69, 9.17) is 0 Å². The number of benzene rings is 1. The smallest absolute Gasteiger partial charge is 0.246 e. The van der Waals surface area contributed by atoms with Crippen molar-refractivity contribution in [3.8, 4) is 0 Å². The van der Waals surface area contributed by atoms with Crippen molar-refractivity contribution in [2.24, 2.45) is 5.92 Å². The fraction of sp³-hybridized carbons (Fsp3) is 0.538. The lowest BCUT2D eigenvalue weighted by Crippen LogP contribution is -2.55. The van der Waals surface area contributed by atoms with Crippen molar-refractivity contribution in [1.82, 2.24) is 20.5 Å². The lowest BCUT2D eigenvalue weighted by molar-refractivity contribution is -0.139. The Kier molecular flexibility index (Phi) is 8.11. The molecule has 34 heavy (non-hydrogen) atoms. The monoisotopic (exact) mass is 482 g/mol. The van der Waals surface area contributed by atoms with Crippen LogP contribution in [0.4, 0.5) is 0 Å². The molecule has 1 saturated carbocycles. The van der Waals surface area contributed by atoms with Crippen LogP contribution in [0.2, 0.25) is 0 Å². The molecule has 1 aromatic carbocycles. The molecule has 4 rings (SSSR count). The number of thiazole rings is 1. The van der Waals surface area contributed by atoms with Gasteiger partial charge in [-0.05, 0) is 45.6 Å². The number of carbonyl (C=O) groups is 3. The van der Waals surface area contributed by atoms with Crippen molar-refractivity contribution < 1.29 is 14.4 Å². The van der Waals surface area contributed by atoms with Crippen LogP contribution < -0.4 is 10.6 Å². The molecule has 2 N–H and O–H groups in total. The Labute approximate surface area is 205 Å². The van der Waals surface area contributed by atoms with Gasteiger partial charge in [0, 0.05) is 17.5 Å². The Balaban J connectivity index is 1.53. The minimum Gasteiger partial charge on any atom is -0.343 e. The number of likely N-dealkylation sites (N-methyl/N-ethyl adjacent to an activating group) is 1. The van der Waals surface area contributed by atoms with Crippen molar-refractivity contribution in [3.63, 3.8) is 0 Å². The Morgan fingerprint density at radius 2 is 1.79 bits per heavy atom. The summed E-state index contributed by atoms with van der Waals surface area (Å²) in [6.45, 7) is 2.45. The number of nitrogens with one attached hydrogen (secondary N) is 2. The van der Waals surface area contributed by atoms with Gasteiger partial charge in [-0.15, -0.1) is 11.3 Å². The molecule has 182 valence electrons. The maximum absolute atomic E-state index is 13.8. The molecule has 1 aliphatic carbocycles. The highest BCUT2D eigenvalue weighted by Crippen LogP contribution is 2.36. The van der Waals surface area contributed by atoms with Crippen molar-refractivity contribution in [2.75, 3.05) is 13.6 Å². The molecular formula is C26H34N4O3S. The number of carbonyl (C=O) groups excluding carboxylic acids is 3. The van der Waals surface area contributed by atoms with Gasteiger partial charge in [0.05, 0.1) is 12.1 Å². The fourth-order valence-corrected chi connectivity index (χ4v) is 5.95. The Morgan fingerprint density at radius 1 is 1.06 bits per heavy atom. The Hall–Kier alpha value is -2.58. The molecule has 2 aromatic rings. The highest BCUT2D eigenvalue weighted by molar-refractivity contribution is 7.10. The molecule has 7 nitrogen and oxygen atoms in total. The number of hydrogen-bond donors (Lipinski definition) is 2. The third-order valence-corrected chi connectivity index (χ3v) is 8.07. The number of ketones is 1. The highest BCUT2D eigenvalue weighted by atomic mass is 32.1. The van der Waals surface area contributed by atoms with Crippen LogP contribution in [0.1, 0.15) is 79.0 Å². The van der Waals surface area contributed by atoms with Crippen molar-refractivity contribution in [1.29, 1.82) is 0 Å². The second-order valence-corrected chi connectivity index (χ2v) is 10.2. The summed E-state index contributed by atoms with van der Waals surface area (Å²) in [5.74, 6) is -0.112. The summed E-state index contributed by atoms with van der Waals surface area (Å²) in [7, 11) is 1.75. The summed E-state index contributed by atoms with van der Waals surface area (Å²) in [4.78, 5) is 45.9. The van der Waals surface area contributed by atoms with Crippen molar-refractivity contribution in [3.05, 3.63) is 52.0 Å². The zero-order valence-electron chi connectivity index (χ0n) is 20.0. The van der Waals surface area contributed by atoms with Crippen molar-refractivity contribution in [2.45, 2.75) is 70.0 Å². The van der Waals surface area contributed by atoms with E-state index in [-0.39, 0.29) is 35.6 Å². The summed E-state index contributed by atoms with van der Waals surface area (Å²) < 4.78 is 0. The van der Waals surface area contributed by atoms with Crippen LogP contribution in [0.5, 0.6) is 0 Å². The lowest BCUT2D eigenvalue weighted by Gasteiger charge is -2.35. The molecule has 2 heterocycles. The number of likely N-dealkylation sites (tertiary alicyclic amines) is 1. The Bertz CT molecular complexity index is 1000. The molecular weight excluding hydrogens is 448 g/mol. The molecule has 0 bridgehead atoms. The number of rotatable bonds is 8. The molecule has 0 unspecified atom stereocenters. The average molecular weight is 483 g/mol. The summed E-state index contributed by atoms with van der Waals surface area (Å²) in [6, 6.07) is 8.10. The molecule has 1 saturated heterocycles. The van der Waals surface area contributed by atoms with E-state index >= 15 is 0 Å². The normalized spacial score (nSPS) is 20.6. The number of hydrogen-bond acceptors (Lipinski definition) is 6. The molecule has 2 fully saturated rings. The molecule has 1 aromatic heterocycles. The maximum Gasteiger partial charge on any atom is 0.246 e. The largest absolute Gasteiger partial charge is 0.343 e. The number of aromatic nitrogens is 1. The standard InChI is InChI=1S/C26H34N4O3S/c1-17(27-2)24(32)29-22(18-10-5-3-6-11-18)26(33)30-15-9-14-21(30)25-28-20(16-34-25)23(31)19-12-7-4-8-13-19/h4,7-8,12-13,16-18,21-22,27H,3,5-6,9-11,14-15H2,1-2H3,(H,29,32)/t17-,21-,22-/m0/s1. The fourth-order valence-electron chi connectivity index (χ4n) is 5.01.